The summed E-state index contributed by atoms with van der Waals surface area (Å²) in [6.45, 7) is 1.73. The van der Waals surface area contributed by atoms with Crippen LogP contribution < -0.4 is 21.2 Å². The largest absolute Gasteiger partial charge is 0.481 e. The summed E-state index contributed by atoms with van der Waals surface area (Å²) in [6.07, 6.45) is -2.66. The van der Waals surface area contributed by atoms with Gasteiger partial charge in [-0.05, 0) is 19.1 Å². The molecule has 0 aromatic carbocycles. The Bertz CT molecular complexity index is 1350. The van der Waals surface area contributed by atoms with Crippen molar-refractivity contribution >= 4 is 35.1 Å². The van der Waals surface area contributed by atoms with E-state index in [0.717, 1.165) is 16.6 Å². The van der Waals surface area contributed by atoms with Gasteiger partial charge in [0.1, 0.15) is 17.4 Å². The summed E-state index contributed by atoms with van der Waals surface area (Å²) in [6, 6.07) is 2.06. The van der Waals surface area contributed by atoms with Gasteiger partial charge < -0.3 is 15.2 Å². The van der Waals surface area contributed by atoms with E-state index in [1.807, 2.05) is 0 Å². The first-order chi connectivity index (χ1) is 17.9. The van der Waals surface area contributed by atoms with Crippen molar-refractivity contribution < 1.29 is 37.4 Å². The summed E-state index contributed by atoms with van der Waals surface area (Å²) < 4.78 is 45.4. The number of aromatic nitrogens is 3. The van der Waals surface area contributed by atoms with Crippen LogP contribution in [0.25, 0.3) is 21.7 Å². The van der Waals surface area contributed by atoms with Crippen LogP contribution in [0.4, 0.5) is 23.8 Å². The van der Waals surface area contributed by atoms with Crippen LogP contribution in [0.15, 0.2) is 29.9 Å². The van der Waals surface area contributed by atoms with Gasteiger partial charge in [0.25, 0.3) is 5.91 Å². The fraction of sp³-hybridized carbons (Fsp3) is 0.273. The van der Waals surface area contributed by atoms with Crippen LogP contribution in [0.2, 0.25) is 0 Å². The maximum Gasteiger partial charge on any atom is 0.434 e. The zero-order chi connectivity index (χ0) is 28.0. The first kappa shape index (κ1) is 28.3. The second-order valence-corrected chi connectivity index (χ2v) is 8.48. The minimum absolute atomic E-state index is 0.00804. The molecular weight excluding hydrogens is 531 g/mol. The molecule has 3 aromatic rings. The fourth-order valence-electron chi connectivity index (χ4n) is 3.08. The molecule has 3 rings (SSSR count). The van der Waals surface area contributed by atoms with Crippen molar-refractivity contribution in [2.75, 3.05) is 25.5 Å². The van der Waals surface area contributed by atoms with Crippen molar-refractivity contribution in [1.82, 2.24) is 25.3 Å². The minimum atomic E-state index is -4.70. The number of hydrogen-bond donors (Lipinski definition) is 4. The molecule has 16 heteroatoms. The van der Waals surface area contributed by atoms with E-state index in [1.165, 1.54) is 25.4 Å². The first-order valence-corrected chi connectivity index (χ1v) is 11.7. The highest BCUT2D eigenvalue weighted by Gasteiger charge is 2.34. The molecule has 38 heavy (non-hydrogen) atoms. The number of nitrogens with zero attached hydrogens (tertiary/aromatic N) is 4. The summed E-state index contributed by atoms with van der Waals surface area (Å²) in [7, 11) is 1.31. The van der Waals surface area contributed by atoms with Crippen LogP contribution in [0.5, 0.6) is 5.88 Å². The number of carboxylic acids is 1. The molecule has 0 spiro atoms. The van der Waals surface area contributed by atoms with Gasteiger partial charge in [-0.15, -0.1) is 11.3 Å². The lowest BCUT2D eigenvalue weighted by atomic mass is 10.0. The molecule has 0 bridgehead atoms. The Balaban J connectivity index is 2.20. The summed E-state index contributed by atoms with van der Waals surface area (Å²) in [5, 5.41) is 15.5. The van der Waals surface area contributed by atoms with Crippen LogP contribution in [0.1, 0.15) is 29.4 Å². The Morgan fingerprint density at radius 2 is 1.89 bits per heavy atom. The van der Waals surface area contributed by atoms with E-state index in [9.17, 15) is 27.6 Å². The van der Waals surface area contributed by atoms with Crippen LogP contribution >= 0.6 is 11.3 Å². The molecule has 0 saturated heterocycles. The Labute approximate surface area is 217 Å². The van der Waals surface area contributed by atoms with E-state index in [-0.39, 0.29) is 52.0 Å². The number of carbonyl (C=O) groups excluding carboxylic acids is 2. The van der Waals surface area contributed by atoms with Gasteiger partial charge in [0.05, 0.1) is 12.0 Å². The predicted molar refractivity (Wildman–Crippen MR) is 130 cm³/mol. The van der Waals surface area contributed by atoms with Gasteiger partial charge in [-0.2, -0.15) is 13.2 Å². The second kappa shape index (κ2) is 11.8. The number of hydrazine groups is 1. The number of pyridine rings is 2. The number of halogens is 3. The summed E-state index contributed by atoms with van der Waals surface area (Å²) in [4.78, 5) is 47.4. The molecule has 0 saturated carbocycles. The molecule has 3 heterocycles. The molecule has 0 atom stereocenters. The Hall–Kier alpha value is -4.31. The summed E-state index contributed by atoms with van der Waals surface area (Å²) >= 11 is 0.698. The third-order valence-electron chi connectivity index (χ3n) is 4.77. The molecule has 202 valence electrons. The Morgan fingerprint density at radius 1 is 1.16 bits per heavy atom. The SMILES string of the molecule is CCNC(=O)Nc1cc(-c2nc(C(F)(F)F)cs2)c(-c2cc(C(=O)N(C)N)cnc2OCCC(=O)O)cn1. The monoisotopic (exact) mass is 553 g/mol. The molecule has 0 unspecified atom stereocenters. The van der Waals surface area contributed by atoms with Gasteiger partial charge in [-0.1, -0.05) is 0 Å². The van der Waals surface area contributed by atoms with Crippen LogP contribution in [-0.4, -0.2) is 63.2 Å². The highest BCUT2D eigenvalue weighted by atomic mass is 32.1. The number of hydrogen-bond acceptors (Lipinski definition) is 9. The van der Waals surface area contributed by atoms with Gasteiger partial charge in [-0.3, -0.25) is 19.9 Å². The second-order valence-electron chi connectivity index (χ2n) is 7.62. The lowest BCUT2D eigenvalue weighted by Crippen LogP contribution is -2.33. The van der Waals surface area contributed by atoms with Crippen LogP contribution in [0, 0.1) is 0 Å². The van der Waals surface area contributed by atoms with E-state index in [4.69, 9.17) is 15.7 Å². The summed E-state index contributed by atoms with van der Waals surface area (Å²) in [5.41, 5.74) is -0.729. The molecule has 0 aliphatic rings. The van der Waals surface area contributed by atoms with Crippen molar-refractivity contribution in [1.29, 1.82) is 0 Å². The van der Waals surface area contributed by atoms with Gasteiger partial charge >= 0.3 is 18.2 Å². The van der Waals surface area contributed by atoms with Gasteiger partial charge in [0.2, 0.25) is 5.88 Å². The molecule has 3 amide bonds. The molecule has 12 nitrogen and oxygen atoms in total. The highest BCUT2D eigenvalue weighted by Crippen LogP contribution is 2.41. The number of carboxylic acid groups (broad SMARTS) is 1. The van der Waals surface area contributed by atoms with Crippen molar-refractivity contribution in [3.8, 4) is 27.6 Å². The number of ether oxygens (including phenoxy) is 1. The molecule has 0 aliphatic carbocycles. The number of thiazole rings is 1. The number of aliphatic carboxylic acids is 1. The maximum atomic E-state index is 13.3. The van der Waals surface area contributed by atoms with Gasteiger partial charge in [0, 0.05) is 48.1 Å². The molecule has 0 fully saturated rings. The topological polar surface area (TPSA) is 173 Å². The highest BCUT2D eigenvalue weighted by molar-refractivity contribution is 7.13. The van der Waals surface area contributed by atoms with Crippen molar-refractivity contribution in [3.63, 3.8) is 0 Å². The van der Waals surface area contributed by atoms with E-state index in [2.05, 4.69) is 25.6 Å². The normalized spacial score (nSPS) is 11.1. The average Bonchev–Trinajstić information content (AvgIpc) is 3.35. The molecule has 5 N–H and O–H groups in total. The quantitative estimate of drug-likeness (QED) is 0.176. The number of amides is 3. The average molecular weight is 554 g/mol. The third-order valence-corrected chi connectivity index (χ3v) is 5.65. The zero-order valence-electron chi connectivity index (χ0n) is 20.0. The number of carbonyl (C=O) groups is 3. The predicted octanol–water partition coefficient (Wildman–Crippen LogP) is 3.23. The van der Waals surface area contributed by atoms with E-state index in [1.54, 1.807) is 6.92 Å². The fourth-order valence-corrected chi connectivity index (χ4v) is 3.94. The van der Waals surface area contributed by atoms with Crippen LogP contribution in [-0.2, 0) is 11.0 Å². The number of nitrogens with two attached hydrogens (primary N) is 1. The van der Waals surface area contributed by atoms with Gasteiger partial charge in [-0.25, -0.2) is 25.6 Å². The number of rotatable bonds is 9. The van der Waals surface area contributed by atoms with E-state index < -0.39 is 29.8 Å². The minimum Gasteiger partial charge on any atom is -0.481 e. The van der Waals surface area contributed by atoms with E-state index >= 15 is 0 Å². The number of anilines is 1. The Morgan fingerprint density at radius 3 is 2.50 bits per heavy atom. The molecular formula is C22H22F3N7O5S. The van der Waals surface area contributed by atoms with Crippen LogP contribution in [0.3, 0.4) is 0 Å². The number of alkyl halides is 3. The Kier molecular flexibility index (Phi) is 8.80. The molecule has 0 aliphatic heterocycles. The molecule has 0 radical (unpaired) electrons. The van der Waals surface area contributed by atoms with Crippen molar-refractivity contribution in [2.45, 2.75) is 19.5 Å². The standard InChI is InChI=1S/C22H22F3N7O5S/c1-3-27-21(36)31-16-7-13(19-30-15(10-38-19)22(23,24)25)14(9-28-16)12-6-11(20(35)32(2)26)8-29-18(12)37-5-4-17(33)34/h6-10H,3-5,26H2,1-2H3,(H,33,34)(H2,27,28,31,36). The first-order valence-electron chi connectivity index (χ1n) is 10.9. The smallest absolute Gasteiger partial charge is 0.434 e. The lowest BCUT2D eigenvalue weighted by Gasteiger charge is -2.16. The zero-order valence-corrected chi connectivity index (χ0v) is 20.8. The summed E-state index contributed by atoms with van der Waals surface area (Å²) in [5.74, 6) is 3.69. The maximum absolute atomic E-state index is 13.3. The van der Waals surface area contributed by atoms with Gasteiger partial charge in [0.15, 0.2) is 5.69 Å². The number of urea groups is 1. The lowest BCUT2D eigenvalue weighted by molar-refractivity contribution is -0.140. The van der Waals surface area contributed by atoms with Crippen molar-refractivity contribution in [3.05, 3.63) is 41.2 Å². The number of nitrogens with one attached hydrogen (secondary N) is 2. The molecule has 3 aromatic heterocycles. The van der Waals surface area contributed by atoms with E-state index in [0.29, 0.717) is 17.9 Å². The van der Waals surface area contributed by atoms with Crippen molar-refractivity contribution in [2.24, 2.45) is 5.84 Å². The third kappa shape index (κ3) is 6.92.